The van der Waals surface area contributed by atoms with E-state index in [9.17, 15) is 4.79 Å². The monoisotopic (exact) mass is 357 g/mol. The first-order chi connectivity index (χ1) is 13.2. The van der Waals surface area contributed by atoms with Crippen LogP contribution in [0.25, 0.3) is 0 Å². The highest BCUT2D eigenvalue weighted by molar-refractivity contribution is 5.81. The summed E-state index contributed by atoms with van der Waals surface area (Å²) in [5, 5.41) is 1.73. The molecule has 136 valence electrons. The van der Waals surface area contributed by atoms with Gasteiger partial charge in [0.2, 0.25) is 0 Å². The van der Waals surface area contributed by atoms with E-state index in [2.05, 4.69) is 43.0 Å². The lowest BCUT2D eigenvalue weighted by Gasteiger charge is -2.43. The van der Waals surface area contributed by atoms with Crippen molar-refractivity contribution in [2.45, 2.75) is 12.5 Å². The number of carbonyl (C=O) groups is 1. The van der Waals surface area contributed by atoms with Crippen LogP contribution in [0.1, 0.15) is 23.6 Å². The molecule has 3 rings (SSSR count). The van der Waals surface area contributed by atoms with Crippen LogP contribution in [0.2, 0.25) is 0 Å². The predicted octanol–water partition coefficient (Wildman–Crippen LogP) is 4.94. The lowest BCUT2D eigenvalue weighted by molar-refractivity contribution is -0.204. The van der Waals surface area contributed by atoms with Crippen molar-refractivity contribution < 1.29 is 9.63 Å². The Labute approximate surface area is 160 Å². The van der Waals surface area contributed by atoms with E-state index in [0.717, 1.165) is 16.7 Å². The van der Waals surface area contributed by atoms with Gasteiger partial charge in [0, 0.05) is 12.6 Å². The van der Waals surface area contributed by atoms with Crippen LogP contribution in [-0.2, 0) is 15.2 Å². The summed E-state index contributed by atoms with van der Waals surface area (Å²) in [7, 11) is 0. The molecule has 0 atom stereocenters. The van der Waals surface area contributed by atoms with Crippen LogP contribution >= 0.6 is 0 Å². The minimum Gasteiger partial charge on any atom is -0.363 e. The van der Waals surface area contributed by atoms with Crippen molar-refractivity contribution in [1.82, 2.24) is 5.06 Å². The molecule has 0 aliphatic carbocycles. The molecule has 3 aromatic rings. The topological polar surface area (TPSA) is 29.5 Å². The molecule has 0 amide bonds. The number of rotatable bonds is 7. The summed E-state index contributed by atoms with van der Waals surface area (Å²) in [5.74, 6) is -0.482. The molecule has 0 aliphatic heterocycles. The largest absolute Gasteiger partial charge is 0.363 e. The van der Waals surface area contributed by atoms with E-state index in [4.69, 9.17) is 4.84 Å². The van der Waals surface area contributed by atoms with Gasteiger partial charge < -0.3 is 4.84 Å². The number of carbonyl (C=O) groups excluding carboxylic acids is 1. The summed E-state index contributed by atoms with van der Waals surface area (Å²) in [6.45, 7) is 6.02. The molecule has 0 heterocycles. The number of hydroxylamine groups is 2. The summed E-state index contributed by atoms with van der Waals surface area (Å²) in [6.07, 6.45) is 1.19. The van der Waals surface area contributed by atoms with Gasteiger partial charge in [-0.2, -0.15) is 0 Å². The maximum atomic E-state index is 12.1. The van der Waals surface area contributed by atoms with Crippen molar-refractivity contribution in [2.75, 3.05) is 6.54 Å². The fourth-order valence-electron chi connectivity index (χ4n) is 3.49. The standard InChI is InChI=1S/C24H23NO2/c1-3-23(26)27-25(4-2)24(20-14-8-5-9-15-20,21-16-10-6-11-17-21)22-18-12-7-13-19-22/h3,5-19H,1,4H2,2H3. The molecule has 3 aromatic carbocycles. The van der Waals surface area contributed by atoms with E-state index >= 15 is 0 Å². The van der Waals surface area contributed by atoms with Gasteiger partial charge in [-0.05, 0) is 23.6 Å². The molecule has 0 bridgehead atoms. The van der Waals surface area contributed by atoms with E-state index in [-0.39, 0.29) is 0 Å². The molecule has 3 heteroatoms. The van der Waals surface area contributed by atoms with E-state index in [1.54, 1.807) is 5.06 Å². The summed E-state index contributed by atoms with van der Waals surface area (Å²) in [5.41, 5.74) is 2.26. The van der Waals surface area contributed by atoms with E-state index in [1.807, 2.05) is 61.5 Å². The average Bonchev–Trinajstić information content (AvgIpc) is 2.75. The van der Waals surface area contributed by atoms with Gasteiger partial charge >= 0.3 is 5.97 Å². The van der Waals surface area contributed by atoms with Gasteiger partial charge in [0.05, 0.1) is 0 Å². The maximum Gasteiger partial charge on any atom is 0.349 e. The molecule has 0 saturated carbocycles. The highest BCUT2D eigenvalue weighted by atomic mass is 16.7. The van der Waals surface area contributed by atoms with Crippen molar-refractivity contribution in [2.24, 2.45) is 0 Å². The van der Waals surface area contributed by atoms with Crippen LogP contribution < -0.4 is 0 Å². The van der Waals surface area contributed by atoms with Crippen LogP contribution in [0, 0.1) is 0 Å². The molecular formula is C24H23NO2. The maximum absolute atomic E-state index is 12.1. The Morgan fingerprint density at radius 1 is 0.852 bits per heavy atom. The van der Waals surface area contributed by atoms with Crippen molar-refractivity contribution in [1.29, 1.82) is 0 Å². The Morgan fingerprint density at radius 3 is 1.52 bits per heavy atom. The van der Waals surface area contributed by atoms with Crippen molar-refractivity contribution in [3.63, 3.8) is 0 Å². The number of benzene rings is 3. The van der Waals surface area contributed by atoms with Crippen molar-refractivity contribution in [3.8, 4) is 0 Å². The van der Waals surface area contributed by atoms with Crippen molar-refractivity contribution in [3.05, 3.63) is 120 Å². The first-order valence-corrected chi connectivity index (χ1v) is 9.02. The first-order valence-electron chi connectivity index (χ1n) is 9.02. The molecule has 0 spiro atoms. The second-order valence-electron chi connectivity index (χ2n) is 6.12. The third kappa shape index (κ3) is 3.55. The van der Waals surface area contributed by atoms with Gasteiger partial charge in [0.1, 0.15) is 5.54 Å². The summed E-state index contributed by atoms with van der Waals surface area (Å²) < 4.78 is 0. The van der Waals surface area contributed by atoms with Gasteiger partial charge in [-0.3, -0.25) is 0 Å². The zero-order chi connectivity index (χ0) is 19.1. The number of nitrogens with zero attached hydrogens (tertiary/aromatic N) is 1. The molecule has 0 radical (unpaired) electrons. The van der Waals surface area contributed by atoms with Gasteiger partial charge in [-0.1, -0.05) is 97.6 Å². The van der Waals surface area contributed by atoms with Gasteiger partial charge in [0.15, 0.2) is 0 Å². The average molecular weight is 357 g/mol. The highest BCUT2D eigenvalue weighted by Crippen LogP contribution is 2.42. The van der Waals surface area contributed by atoms with Gasteiger partial charge in [-0.15, -0.1) is 5.06 Å². The minimum absolute atomic E-state index is 0.482. The molecule has 0 aliphatic rings. The molecule has 0 aromatic heterocycles. The van der Waals surface area contributed by atoms with Crippen LogP contribution in [-0.4, -0.2) is 17.6 Å². The summed E-state index contributed by atoms with van der Waals surface area (Å²) in [4.78, 5) is 17.9. The zero-order valence-corrected chi connectivity index (χ0v) is 15.4. The van der Waals surface area contributed by atoms with Crippen LogP contribution in [0.5, 0.6) is 0 Å². The van der Waals surface area contributed by atoms with Crippen LogP contribution in [0.3, 0.4) is 0 Å². The second-order valence-corrected chi connectivity index (χ2v) is 6.12. The third-order valence-electron chi connectivity index (χ3n) is 4.60. The smallest absolute Gasteiger partial charge is 0.349 e. The Hall–Kier alpha value is -3.17. The summed E-state index contributed by atoms with van der Waals surface area (Å²) >= 11 is 0. The number of hydrogen-bond acceptors (Lipinski definition) is 3. The molecular weight excluding hydrogens is 334 g/mol. The predicted molar refractivity (Wildman–Crippen MR) is 108 cm³/mol. The normalized spacial score (nSPS) is 11.2. The van der Waals surface area contributed by atoms with E-state index in [1.165, 1.54) is 6.08 Å². The minimum atomic E-state index is -0.781. The molecule has 0 saturated heterocycles. The van der Waals surface area contributed by atoms with Gasteiger partial charge in [-0.25, -0.2) is 4.79 Å². The Morgan fingerprint density at radius 2 is 1.22 bits per heavy atom. The molecule has 0 unspecified atom stereocenters. The van der Waals surface area contributed by atoms with Crippen molar-refractivity contribution >= 4 is 5.97 Å². The summed E-state index contributed by atoms with van der Waals surface area (Å²) in [6, 6.07) is 30.3. The quantitative estimate of drug-likeness (QED) is 0.341. The Kier molecular flexibility index (Phi) is 5.84. The molecule has 27 heavy (non-hydrogen) atoms. The fraction of sp³-hybridized carbons (Fsp3) is 0.125. The highest BCUT2D eigenvalue weighted by Gasteiger charge is 2.43. The molecule has 0 N–H and O–H groups in total. The first kappa shape index (κ1) is 18.6. The Bertz CT molecular complexity index is 779. The zero-order valence-electron chi connectivity index (χ0n) is 15.4. The lowest BCUT2D eigenvalue weighted by atomic mass is 9.76. The Balaban J connectivity index is 2.35. The lowest BCUT2D eigenvalue weighted by Crippen LogP contribution is -2.48. The van der Waals surface area contributed by atoms with Gasteiger partial charge in [0.25, 0.3) is 0 Å². The fourth-order valence-corrected chi connectivity index (χ4v) is 3.49. The van der Waals surface area contributed by atoms with Crippen LogP contribution in [0.4, 0.5) is 0 Å². The van der Waals surface area contributed by atoms with E-state index in [0.29, 0.717) is 6.54 Å². The molecule has 0 fully saturated rings. The third-order valence-corrected chi connectivity index (χ3v) is 4.60. The SMILES string of the molecule is C=CC(=O)ON(CC)C(c1ccccc1)(c1ccccc1)c1ccccc1. The molecule has 3 nitrogen and oxygen atoms in total. The number of hydrogen-bond donors (Lipinski definition) is 0. The van der Waals surface area contributed by atoms with E-state index < -0.39 is 11.5 Å². The van der Waals surface area contributed by atoms with Crippen LogP contribution in [0.15, 0.2) is 104 Å². The second kappa shape index (κ2) is 8.47.